The van der Waals surface area contributed by atoms with E-state index >= 15 is 0 Å². The summed E-state index contributed by atoms with van der Waals surface area (Å²) in [5.41, 5.74) is 1.70. The Balaban J connectivity index is 1.35. The highest BCUT2D eigenvalue weighted by Crippen LogP contribution is 2.58. The second kappa shape index (κ2) is 9.98. The summed E-state index contributed by atoms with van der Waals surface area (Å²) in [6, 6.07) is 9.21. The molecule has 1 N–H and O–H groups in total. The number of alkyl halides is 3. The van der Waals surface area contributed by atoms with E-state index < -0.39 is 11.7 Å². The van der Waals surface area contributed by atoms with Crippen LogP contribution in [0.2, 0.25) is 0 Å². The third-order valence-corrected chi connectivity index (χ3v) is 8.05. The molecule has 9 heteroatoms. The minimum Gasteiger partial charge on any atom is -0.379 e. The predicted molar refractivity (Wildman–Crippen MR) is 141 cm³/mol. The first-order valence-electron chi connectivity index (χ1n) is 13.4. The number of halogens is 3. The highest BCUT2D eigenvalue weighted by Gasteiger charge is 2.53. The van der Waals surface area contributed by atoms with Crippen LogP contribution in [0, 0.1) is 11.3 Å². The van der Waals surface area contributed by atoms with Gasteiger partial charge in [0, 0.05) is 32.0 Å². The lowest BCUT2D eigenvalue weighted by Gasteiger charge is -2.52. The molecule has 5 rings (SSSR count). The van der Waals surface area contributed by atoms with E-state index in [-0.39, 0.29) is 23.1 Å². The lowest BCUT2D eigenvalue weighted by atomic mass is 9.51. The highest BCUT2D eigenvalue weighted by molar-refractivity contribution is 5.51. The zero-order valence-corrected chi connectivity index (χ0v) is 22.6. The molecule has 0 unspecified atom stereocenters. The molecule has 1 aliphatic heterocycles. The Bertz CT molecular complexity index is 1270. The van der Waals surface area contributed by atoms with E-state index in [1.165, 1.54) is 12.5 Å². The summed E-state index contributed by atoms with van der Waals surface area (Å²) in [4.78, 5) is 6.51. The summed E-state index contributed by atoms with van der Waals surface area (Å²) in [5.74, 6) is 1.48. The fraction of sp³-hybridized carbons (Fsp3) is 0.552. The smallest absolute Gasteiger partial charge is 0.379 e. The van der Waals surface area contributed by atoms with Crippen LogP contribution in [0.4, 0.5) is 18.9 Å². The van der Waals surface area contributed by atoms with Crippen molar-refractivity contribution in [2.75, 3.05) is 18.4 Å². The number of hydrogen-bond acceptors (Lipinski definition) is 5. The molecular formula is C29H37F3N6. The normalized spacial score (nSPS) is 21.2. The molecule has 1 aromatic carbocycles. The number of aryl methyl sites for hydroxylation is 1. The monoisotopic (exact) mass is 526 g/mol. The molecule has 0 amide bonds. The van der Waals surface area contributed by atoms with Gasteiger partial charge >= 0.3 is 6.18 Å². The molecule has 1 saturated heterocycles. The first kappa shape index (κ1) is 26.7. The molecule has 2 aliphatic rings. The Hall–Kier alpha value is -2.94. The number of rotatable bonds is 7. The van der Waals surface area contributed by atoms with Gasteiger partial charge in [-0.05, 0) is 72.9 Å². The van der Waals surface area contributed by atoms with Crippen molar-refractivity contribution in [1.29, 1.82) is 0 Å². The van der Waals surface area contributed by atoms with E-state index in [1.54, 1.807) is 12.5 Å². The van der Waals surface area contributed by atoms with Gasteiger partial charge in [0.1, 0.15) is 12.2 Å². The molecule has 204 valence electrons. The highest BCUT2D eigenvalue weighted by atomic mass is 19.4. The summed E-state index contributed by atoms with van der Waals surface area (Å²) in [5, 5.41) is 11.7. The van der Waals surface area contributed by atoms with Gasteiger partial charge in [-0.25, -0.2) is 0 Å². The van der Waals surface area contributed by atoms with E-state index in [0.717, 1.165) is 49.4 Å². The summed E-state index contributed by atoms with van der Waals surface area (Å²) >= 11 is 0. The molecule has 2 aromatic heterocycles. The maximum atomic E-state index is 14.0. The average Bonchev–Trinajstić information content (AvgIpc) is 3.27. The number of piperidine rings is 1. The van der Waals surface area contributed by atoms with Gasteiger partial charge in [0.05, 0.1) is 23.2 Å². The molecule has 38 heavy (non-hydrogen) atoms. The predicted octanol–water partition coefficient (Wildman–Crippen LogP) is 6.18. The molecule has 1 saturated carbocycles. The van der Waals surface area contributed by atoms with Gasteiger partial charge in [-0.15, -0.1) is 10.2 Å². The van der Waals surface area contributed by atoms with Gasteiger partial charge < -0.3 is 9.88 Å². The number of likely N-dealkylation sites (tertiary alicyclic amines) is 1. The topological polar surface area (TPSA) is 58.9 Å². The lowest BCUT2D eigenvalue weighted by molar-refractivity contribution is -0.138. The first-order chi connectivity index (χ1) is 18.0. The Morgan fingerprint density at radius 3 is 2.61 bits per heavy atom. The van der Waals surface area contributed by atoms with Crippen LogP contribution in [-0.2, 0) is 31.7 Å². The minimum absolute atomic E-state index is 0.00598. The maximum Gasteiger partial charge on any atom is 0.418 e. The molecule has 1 aliphatic carbocycles. The molecular weight excluding hydrogens is 489 g/mol. The number of nitrogens with one attached hydrogen (secondary N) is 1. The van der Waals surface area contributed by atoms with E-state index in [1.807, 2.05) is 29.8 Å². The number of pyridine rings is 1. The Morgan fingerprint density at radius 1 is 1.16 bits per heavy atom. The standard InChI is InChI=1S/C29H37F3N6/c1-20-7-6-10-38(15-20)16-21-11-24(29(30,31)32)25(34-13-21)14-33-23-9-5-8-22(12-23)28(17-27(2,3)18-28)26-36-35-19-37(26)4/h5,8-9,11-13,19-20,33H,6-7,10,14-18H2,1-4H3/t20-/m0/s1. The molecule has 3 heterocycles. The molecule has 6 nitrogen and oxygen atoms in total. The zero-order chi connectivity index (χ0) is 27.1. The lowest BCUT2D eigenvalue weighted by Crippen LogP contribution is -2.48. The van der Waals surface area contributed by atoms with Crippen molar-refractivity contribution < 1.29 is 13.2 Å². The van der Waals surface area contributed by atoms with Gasteiger partial charge in [0.25, 0.3) is 0 Å². The quantitative estimate of drug-likeness (QED) is 0.399. The van der Waals surface area contributed by atoms with E-state index in [9.17, 15) is 13.2 Å². The molecule has 0 spiro atoms. The SMILES string of the molecule is C[C@H]1CCCN(Cc2cnc(CNc3cccc(C4(c5nncn5C)CC(C)(C)C4)c3)c(C(F)(F)F)c2)C1. The van der Waals surface area contributed by atoms with Crippen LogP contribution in [0.25, 0.3) is 0 Å². The van der Waals surface area contributed by atoms with Crippen molar-refractivity contribution in [3.05, 3.63) is 71.1 Å². The first-order valence-corrected chi connectivity index (χ1v) is 13.4. The van der Waals surface area contributed by atoms with Crippen molar-refractivity contribution in [1.82, 2.24) is 24.6 Å². The van der Waals surface area contributed by atoms with Gasteiger partial charge in [-0.3, -0.25) is 9.88 Å². The van der Waals surface area contributed by atoms with Gasteiger partial charge in [0.2, 0.25) is 0 Å². The van der Waals surface area contributed by atoms with E-state index in [4.69, 9.17) is 0 Å². The maximum absolute atomic E-state index is 14.0. The summed E-state index contributed by atoms with van der Waals surface area (Å²) in [7, 11) is 1.95. The number of benzene rings is 1. The van der Waals surface area contributed by atoms with Crippen molar-refractivity contribution in [3.63, 3.8) is 0 Å². The summed E-state index contributed by atoms with van der Waals surface area (Å²) in [6.07, 6.45) is 2.94. The number of aromatic nitrogens is 4. The van der Waals surface area contributed by atoms with Crippen LogP contribution in [0.1, 0.15) is 74.7 Å². The third kappa shape index (κ3) is 5.44. The number of nitrogens with zero attached hydrogens (tertiary/aromatic N) is 5. The fourth-order valence-corrected chi connectivity index (χ4v) is 6.60. The van der Waals surface area contributed by atoms with Crippen molar-refractivity contribution >= 4 is 5.69 Å². The molecule has 0 radical (unpaired) electrons. The van der Waals surface area contributed by atoms with Crippen molar-refractivity contribution in [3.8, 4) is 0 Å². The van der Waals surface area contributed by atoms with Crippen LogP contribution < -0.4 is 5.32 Å². The van der Waals surface area contributed by atoms with Gasteiger partial charge in [-0.1, -0.05) is 32.9 Å². The summed E-state index contributed by atoms with van der Waals surface area (Å²) in [6.45, 7) is 8.98. The third-order valence-electron chi connectivity index (χ3n) is 8.05. The van der Waals surface area contributed by atoms with Gasteiger partial charge in [-0.2, -0.15) is 13.2 Å². The van der Waals surface area contributed by atoms with Crippen LogP contribution in [-0.4, -0.2) is 37.7 Å². The van der Waals surface area contributed by atoms with Crippen LogP contribution in [0.15, 0.2) is 42.9 Å². The molecule has 2 fully saturated rings. The number of anilines is 1. The largest absolute Gasteiger partial charge is 0.418 e. The summed E-state index contributed by atoms with van der Waals surface area (Å²) < 4.78 is 44.1. The van der Waals surface area contributed by atoms with Crippen molar-refractivity contribution in [2.45, 2.75) is 71.1 Å². The van der Waals surface area contributed by atoms with Crippen LogP contribution in [0.5, 0.6) is 0 Å². The molecule has 3 aromatic rings. The average molecular weight is 527 g/mol. The Labute approximate surface area is 222 Å². The molecule has 0 bridgehead atoms. The number of hydrogen-bond donors (Lipinski definition) is 1. The van der Waals surface area contributed by atoms with E-state index in [0.29, 0.717) is 18.0 Å². The van der Waals surface area contributed by atoms with Gasteiger partial charge in [0.15, 0.2) is 0 Å². The van der Waals surface area contributed by atoms with Crippen LogP contribution >= 0.6 is 0 Å². The van der Waals surface area contributed by atoms with Crippen LogP contribution in [0.3, 0.4) is 0 Å². The minimum atomic E-state index is -4.47. The Kier molecular flexibility index (Phi) is 7.00. The zero-order valence-electron chi connectivity index (χ0n) is 22.6. The second-order valence-corrected chi connectivity index (χ2v) is 12.1. The molecule has 1 atom stereocenters. The van der Waals surface area contributed by atoms with E-state index in [2.05, 4.69) is 52.2 Å². The second-order valence-electron chi connectivity index (χ2n) is 12.1. The fourth-order valence-electron chi connectivity index (χ4n) is 6.60. The Morgan fingerprint density at radius 2 is 1.95 bits per heavy atom. The van der Waals surface area contributed by atoms with Crippen molar-refractivity contribution in [2.24, 2.45) is 18.4 Å².